The molecule has 1 aliphatic rings. The summed E-state index contributed by atoms with van der Waals surface area (Å²) < 4.78 is 7.21. The number of fused-ring (bicyclic) bond motifs is 3. The monoisotopic (exact) mass is 301 g/mol. The standard InChI is InChI=1S/C17H23N3O2/c1-19(2)9-12-7-14-13-6-11(10-22-17(18)21)4-5-15(13)20(3)16(14)8-12/h4-6,12H,7-10H2,1-3H3,(H2,18,21). The van der Waals surface area contributed by atoms with Gasteiger partial charge in [-0.1, -0.05) is 6.07 Å². The van der Waals surface area contributed by atoms with Gasteiger partial charge in [-0.15, -0.1) is 0 Å². The molecule has 0 radical (unpaired) electrons. The molecule has 1 unspecified atom stereocenters. The van der Waals surface area contributed by atoms with Gasteiger partial charge in [0.1, 0.15) is 6.61 Å². The van der Waals surface area contributed by atoms with Crippen molar-refractivity contribution in [2.75, 3.05) is 20.6 Å². The molecule has 1 aromatic carbocycles. The molecule has 1 aromatic heterocycles. The van der Waals surface area contributed by atoms with Gasteiger partial charge in [-0.2, -0.15) is 0 Å². The van der Waals surface area contributed by atoms with Gasteiger partial charge in [0, 0.05) is 30.2 Å². The first-order valence-electron chi connectivity index (χ1n) is 7.61. The first kappa shape index (κ1) is 14.9. The van der Waals surface area contributed by atoms with Crippen molar-refractivity contribution in [3.05, 3.63) is 35.0 Å². The van der Waals surface area contributed by atoms with E-state index in [0.29, 0.717) is 5.92 Å². The fraction of sp³-hybridized carbons (Fsp3) is 0.471. The highest BCUT2D eigenvalue weighted by atomic mass is 16.5. The summed E-state index contributed by atoms with van der Waals surface area (Å²) in [4.78, 5) is 13.0. The number of rotatable bonds is 4. The predicted octanol–water partition coefficient (Wildman–Crippen LogP) is 2.05. The summed E-state index contributed by atoms with van der Waals surface area (Å²) in [5.41, 5.74) is 10.2. The molecule has 0 bridgehead atoms. The van der Waals surface area contributed by atoms with E-state index in [-0.39, 0.29) is 6.61 Å². The van der Waals surface area contributed by atoms with Crippen molar-refractivity contribution in [3.8, 4) is 0 Å². The van der Waals surface area contributed by atoms with Crippen molar-refractivity contribution in [2.45, 2.75) is 19.4 Å². The zero-order chi connectivity index (χ0) is 15.9. The van der Waals surface area contributed by atoms with Crippen LogP contribution in [-0.4, -0.2) is 36.2 Å². The number of carbonyl (C=O) groups is 1. The second kappa shape index (κ2) is 5.65. The molecule has 1 amide bonds. The molecule has 22 heavy (non-hydrogen) atoms. The van der Waals surface area contributed by atoms with E-state index in [2.05, 4.69) is 42.7 Å². The summed E-state index contributed by atoms with van der Waals surface area (Å²) in [5.74, 6) is 0.682. The Labute approximate surface area is 130 Å². The van der Waals surface area contributed by atoms with Crippen LogP contribution in [0.2, 0.25) is 0 Å². The molecule has 2 aromatic rings. The molecule has 0 fully saturated rings. The highest BCUT2D eigenvalue weighted by Gasteiger charge is 2.27. The van der Waals surface area contributed by atoms with Gasteiger partial charge in [-0.25, -0.2) is 4.79 Å². The average molecular weight is 301 g/mol. The molecule has 1 heterocycles. The molecule has 0 saturated carbocycles. The number of primary amides is 1. The van der Waals surface area contributed by atoms with Gasteiger partial charge in [0.2, 0.25) is 0 Å². The Kier molecular flexibility index (Phi) is 3.83. The first-order chi connectivity index (χ1) is 10.5. The zero-order valence-electron chi connectivity index (χ0n) is 13.4. The summed E-state index contributed by atoms with van der Waals surface area (Å²) in [5, 5.41) is 1.28. The normalized spacial score (nSPS) is 17.2. The number of nitrogens with two attached hydrogens (primary N) is 1. The van der Waals surface area contributed by atoms with Crippen LogP contribution in [0.4, 0.5) is 4.79 Å². The van der Waals surface area contributed by atoms with E-state index in [9.17, 15) is 4.79 Å². The Balaban J connectivity index is 1.91. The van der Waals surface area contributed by atoms with Gasteiger partial charge in [0.05, 0.1) is 0 Å². The fourth-order valence-electron chi connectivity index (χ4n) is 3.63. The minimum atomic E-state index is -0.732. The van der Waals surface area contributed by atoms with E-state index in [1.54, 1.807) is 0 Å². The predicted molar refractivity (Wildman–Crippen MR) is 86.7 cm³/mol. The average Bonchev–Trinajstić information content (AvgIpc) is 2.96. The molecule has 5 heteroatoms. The largest absolute Gasteiger partial charge is 0.445 e. The third kappa shape index (κ3) is 2.68. The SMILES string of the molecule is CN(C)CC1Cc2c(n(C)c3ccc(COC(N)=O)cc23)C1. The summed E-state index contributed by atoms with van der Waals surface area (Å²) in [6.07, 6.45) is 1.51. The minimum Gasteiger partial charge on any atom is -0.445 e. The summed E-state index contributed by atoms with van der Waals surface area (Å²) >= 11 is 0. The van der Waals surface area contributed by atoms with Crippen LogP contribution in [0, 0.1) is 5.92 Å². The Bertz CT molecular complexity index is 718. The van der Waals surface area contributed by atoms with Gasteiger partial charge in [0.25, 0.3) is 0 Å². The molecule has 1 atom stereocenters. The van der Waals surface area contributed by atoms with Gasteiger partial charge < -0.3 is 19.9 Å². The highest BCUT2D eigenvalue weighted by Crippen LogP contribution is 2.35. The van der Waals surface area contributed by atoms with E-state index in [1.165, 1.54) is 22.2 Å². The van der Waals surface area contributed by atoms with Crippen LogP contribution in [0.1, 0.15) is 16.8 Å². The number of aromatic nitrogens is 1. The molecule has 2 N–H and O–H groups in total. The number of hydrogen-bond donors (Lipinski definition) is 1. The van der Waals surface area contributed by atoms with Crippen molar-refractivity contribution >= 4 is 17.0 Å². The Morgan fingerprint density at radius 3 is 2.86 bits per heavy atom. The number of carbonyl (C=O) groups excluding carboxylic acids is 1. The van der Waals surface area contributed by atoms with Gasteiger partial charge in [-0.05, 0) is 56.1 Å². The van der Waals surface area contributed by atoms with Crippen LogP contribution in [0.25, 0.3) is 10.9 Å². The summed E-state index contributed by atoms with van der Waals surface area (Å²) in [6.45, 7) is 1.34. The summed E-state index contributed by atoms with van der Waals surface area (Å²) in [6, 6.07) is 6.24. The highest BCUT2D eigenvalue weighted by molar-refractivity contribution is 5.87. The van der Waals surface area contributed by atoms with Crippen LogP contribution < -0.4 is 5.73 Å². The number of ether oxygens (including phenoxy) is 1. The second-order valence-electron chi connectivity index (χ2n) is 6.48. The van der Waals surface area contributed by atoms with Gasteiger partial charge in [-0.3, -0.25) is 0 Å². The lowest BCUT2D eigenvalue weighted by molar-refractivity contribution is 0.150. The van der Waals surface area contributed by atoms with Crippen LogP contribution >= 0.6 is 0 Å². The molecule has 5 nitrogen and oxygen atoms in total. The lowest BCUT2D eigenvalue weighted by atomic mass is 10.0. The van der Waals surface area contributed by atoms with Gasteiger partial charge >= 0.3 is 6.09 Å². The van der Waals surface area contributed by atoms with E-state index in [0.717, 1.165) is 24.9 Å². The molecular formula is C17H23N3O2. The molecule has 1 aliphatic carbocycles. The quantitative estimate of drug-likeness (QED) is 0.940. The van der Waals surface area contributed by atoms with E-state index < -0.39 is 6.09 Å². The van der Waals surface area contributed by atoms with Crippen molar-refractivity contribution in [3.63, 3.8) is 0 Å². The van der Waals surface area contributed by atoms with Crippen molar-refractivity contribution in [2.24, 2.45) is 18.7 Å². The molecule has 0 saturated heterocycles. The Morgan fingerprint density at radius 2 is 2.18 bits per heavy atom. The third-order valence-electron chi connectivity index (χ3n) is 4.48. The molecule has 0 aliphatic heterocycles. The molecular weight excluding hydrogens is 278 g/mol. The first-order valence-corrected chi connectivity index (χ1v) is 7.61. The lowest BCUT2D eigenvalue weighted by Crippen LogP contribution is -2.22. The molecule has 0 spiro atoms. The lowest BCUT2D eigenvalue weighted by Gasteiger charge is -2.16. The number of nitrogens with zero attached hydrogens (tertiary/aromatic N) is 2. The number of hydrogen-bond acceptors (Lipinski definition) is 3. The van der Waals surface area contributed by atoms with E-state index in [1.807, 2.05) is 6.07 Å². The minimum absolute atomic E-state index is 0.232. The van der Waals surface area contributed by atoms with Crippen LogP contribution in [-0.2, 0) is 31.2 Å². The Hall–Kier alpha value is -2.01. The van der Waals surface area contributed by atoms with Crippen LogP contribution in [0.5, 0.6) is 0 Å². The second-order valence-corrected chi connectivity index (χ2v) is 6.48. The van der Waals surface area contributed by atoms with Crippen LogP contribution in [0.15, 0.2) is 18.2 Å². The maximum atomic E-state index is 10.8. The smallest absolute Gasteiger partial charge is 0.404 e. The number of benzene rings is 1. The fourth-order valence-corrected chi connectivity index (χ4v) is 3.63. The third-order valence-corrected chi connectivity index (χ3v) is 4.48. The van der Waals surface area contributed by atoms with E-state index >= 15 is 0 Å². The summed E-state index contributed by atoms with van der Waals surface area (Å²) in [7, 11) is 6.39. The molecule has 3 rings (SSSR count). The zero-order valence-corrected chi connectivity index (χ0v) is 13.4. The number of amides is 1. The maximum Gasteiger partial charge on any atom is 0.404 e. The maximum absolute atomic E-state index is 10.8. The topological polar surface area (TPSA) is 60.5 Å². The number of aryl methyl sites for hydroxylation is 1. The van der Waals surface area contributed by atoms with Crippen molar-refractivity contribution in [1.29, 1.82) is 0 Å². The van der Waals surface area contributed by atoms with Crippen molar-refractivity contribution in [1.82, 2.24) is 9.47 Å². The van der Waals surface area contributed by atoms with Crippen LogP contribution in [0.3, 0.4) is 0 Å². The van der Waals surface area contributed by atoms with Gasteiger partial charge in [0.15, 0.2) is 0 Å². The molecule has 118 valence electrons. The van der Waals surface area contributed by atoms with Crippen molar-refractivity contribution < 1.29 is 9.53 Å². The van der Waals surface area contributed by atoms with E-state index in [4.69, 9.17) is 10.5 Å². The Morgan fingerprint density at radius 1 is 1.41 bits per heavy atom.